The van der Waals surface area contributed by atoms with Gasteiger partial charge >= 0.3 is 0 Å². The Morgan fingerprint density at radius 1 is 1.30 bits per heavy atom. The highest BCUT2D eigenvalue weighted by atomic mass is 32.1. The summed E-state index contributed by atoms with van der Waals surface area (Å²) in [6, 6.07) is 8.55. The first-order valence-corrected chi connectivity index (χ1v) is 7.60. The lowest BCUT2D eigenvalue weighted by molar-refractivity contribution is 0.102. The zero-order valence-electron chi connectivity index (χ0n) is 12.6. The number of benzene rings is 1. The number of hydrogen-bond donors (Lipinski definition) is 1. The number of ether oxygens (including phenoxy) is 1. The number of aromatic nitrogens is 3. The lowest BCUT2D eigenvalue weighted by Gasteiger charge is -2.07. The van der Waals surface area contributed by atoms with E-state index in [0.29, 0.717) is 29.5 Å². The quantitative estimate of drug-likeness (QED) is 0.773. The third-order valence-electron chi connectivity index (χ3n) is 3.09. The van der Waals surface area contributed by atoms with E-state index in [9.17, 15) is 4.79 Å². The molecule has 0 aliphatic carbocycles. The second kappa shape index (κ2) is 6.57. The first kappa shape index (κ1) is 15.2. The van der Waals surface area contributed by atoms with Crippen molar-refractivity contribution >= 4 is 23.5 Å². The van der Waals surface area contributed by atoms with Crippen molar-refractivity contribution in [2.45, 2.75) is 20.5 Å². The number of anilines is 1. The standard InChI is InChI=1S/C15H14N4O3S/c1-9-6-14(17-22-9)16-15(20)11-4-3-5-12(7-11)21-8-13-10(2)18-23-19-13/h3-7H,8H2,1-2H3,(H,16,17,20). The fourth-order valence-corrected chi connectivity index (χ4v) is 2.43. The van der Waals surface area contributed by atoms with Crippen LogP contribution in [-0.2, 0) is 6.61 Å². The summed E-state index contributed by atoms with van der Waals surface area (Å²) in [5.41, 5.74) is 2.12. The minimum Gasteiger partial charge on any atom is -0.487 e. The SMILES string of the molecule is Cc1cc(NC(=O)c2cccc(OCc3nsnc3C)c2)no1. The molecule has 7 nitrogen and oxygen atoms in total. The fraction of sp³-hybridized carbons (Fsp3) is 0.200. The maximum Gasteiger partial charge on any atom is 0.257 e. The largest absolute Gasteiger partial charge is 0.487 e. The van der Waals surface area contributed by atoms with Crippen LogP contribution in [0, 0.1) is 13.8 Å². The highest BCUT2D eigenvalue weighted by Gasteiger charge is 2.10. The Morgan fingerprint density at radius 2 is 2.17 bits per heavy atom. The van der Waals surface area contributed by atoms with Gasteiger partial charge in [0.2, 0.25) is 0 Å². The lowest BCUT2D eigenvalue weighted by Crippen LogP contribution is -2.12. The molecule has 8 heteroatoms. The number of nitrogens with zero attached hydrogens (tertiary/aromatic N) is 3. The van der Waals surface area contributed by atoms with E-state index in [1.165, 1.54) is 0 Å². The first-order chi connectivity index (χ1) is 11.1. The van der Waals surface area contributed by atoms with E-state index >= 15 is 0 Å². The molecule has 23 heavy (non-hydrogen) atoms. The number of aryl methyl sites for hydroxylation is 2. The second-order valence-electron chi connectivity index (χ2n) is 4.89. The third-order valence-corrected chi connectivity index (χ3v) is 3.75. The summed E-state index contributed by atoms with van der Waals surface area (Å²) in [5, 5.41) is 6.40. The van der Waals surface area contributed by atoms with Crippen molar-refractivity contribution in [1.29, 1.82) is 0 Å². The summed E-state index contributed by atoms with van der Waals surface area (Å²) in [7, 11) is 0. The number of nitrogens with one attached hydrogen (secondary N) is 1. The topological polar surface area (TPSA) is 90.1 Å². The highest BCUT2D eigenvalue weighted by molar-refractivity contribution is 6.99. The van der Waals surface area contributed by atoms with Gasteiger partial charge in [0.05, 0.1) is 17.4 Å². The number of rotatable bonds is 5. The Morgan fingerprint density at radius 3 is 2.87 bits per heavy atom. The molecular formula is C15H14N4O3S. The molecule has 3 rings (SSSR count). The van der Waals surface area contributed by atoms with Crippen LogP contribution in [-0.4, -0.2) is 19.8 Å². The molecule has 0 saturated carbocycles. The van der Waals surface area contributed by atoms with Crippen LogP contribution in [0.2, 0.25) is 0 Å². The average Bonchev–Trinajstić information content (AvgIpc) is 3.14. The van der Waals surface area contributed by atoms with Gasteiger partial charge in [-0.2, -0.15) is 8.75 Å². The van der Waals surface area contributed by atoms with Crippen LogP contribution < -0.4 is 10.1 Å². The van der Waals surface area contributed by atoms with E-state index in [2.05, 4.69) is 19.2 Å². The van der Waals surface area contributed by atoms with Gasteiger partial charge < -0.3 is 14.6 Å². The average molecular weight is 330 g/mol. The molecule has 0 saturated heterocycles. The molecule has 0 atom stereocenters. The molecule has 2 heterocycles. The summed E-state index contributed by atoms with van der Waals surface area (Å²) < 4.78 is 18.8. The predicted molar refractivity (Wildman–Crippen MR) is 84.6 cm³/mol. The predicted octanol–water partition coefficient (Wildman–Crippen LogP) is 2.97. The van der Waals surface area contributed by atoms with Gasteiger partial charge in [0.25, 0.3) is 5.91 Å². The molecule has 0 fully saturated rings. The Labute approximate surface area is 136 Å². The number of hydrogen-bond acceptors (Lipinski definition) is 7. The zero-order chi connectivity index (χ0) is 16.2. The van der Waals surface area contributed by atoms with Crippen LogP contribution in [0.1, 0.15) is 27.5 Å². The van der Waals surface area contributed by atoms with Crippen LogP contribution in [0.15, 0.2) is 34.9 Å². The van der Waals surface area contributed by atoms with Crippen LogP contribution >= 0.6 is 11.7 Å². The van der Waals surface area contributed by atoms with Crippen LogP contribution in [0.4, 0.5) is 5.82 Å². The number of carbonyl (C=O) groups excluding carboxylic acids is 1. The molecule has 1 N–H and O–H groups in total. The molecule has 0 bridgehead atoms. The van der Waals surface area contributed by atoms with E-state index in [4.69, 9.17) is 9.26 Å². The van der Waals surface area contributed by atoms with Crippen LogP contribution in [0.5, 0.6) is 5.75 Å². The lowest BCUT2D eigenvalue weighted by atomic mass is 10.2. The van der Waals surface area contributed by atoms with Gasteiger partial charge in [-0.25, -0.2) is 0 Å². The zero-order valence-corrected chi connectivity index (χ0v) is 13.4. The fourth-order valence-electron chi connectivity index (χ4n) is 1.87. The van der Waals surface area contributed by atoms with Gasteiger partial charge in [-0.3, -0.25) is 4.79 Å². The Kier molecular flexibility index (Phi) is 4.33. The van der Waals surface area contributed by atoms with E-state index in [1.807, 2.05) is 6.92 Å². The van der Waals surface area contributed by atoms with Gasteiger partial charge in [0.1, 0.15) is 23.8 Å². The minimum absolute atomic E-state index is 0.282. The smallest absolute Gasteiger partial charge is 0.257 e. The van der Waals surface area contributed by atoms with E-state index in [1.54, 1.807) is 37.3 Å². The molecule has 0 unspecified atom stereocenters. The molecule has 0 aliphatic heterocycles. The summed E-state index contributed by atoms with van der Waals surface area (Å²) in [6.07, 6.45) is 0. The first-order valence-electron chi connectivity index (χ1n) is 6.87. The molecule has 0 spiro atoms. The van der Waals surface area contributed by atoms with Crippen molar-refractivity contribution in [1.82, 2.24) is 13.9 Å². The van der Waals surface area contributed by atoms with Crippen molar-refractivity contribution in [2.75, 3.05) is 5.32 Å². The molecular weight excluding hydrogens is 316 g/mol. The third kappa shape index (κ3) is 3.72. The van der Waals surface area contributed by atoms with E-state index in [0.717, 1.165) is 23.1 Å². The van der Waals surface area contributed by atoms with Crippen molar-refractivity contribution in [3.63, 3.8) is 0 Å². The molecule has 2 aromatic heterocycles. The van der Waals surface area contributed by atoms with Crippen LogP contribution in [0.3, 0.4) is 0 Å². The Bertz CT molecular complexity index is 828. The molecule has 118 valence electrons. The van der Waals surface area contributed by atoms with Gasteiger partial charge in [-0.05, 0) is 32.0 Å². The summed E-state index contributed by atoms with van der Waals surface area (Å²) in [5.74, 6) is 1.31. The summed E-state index contributed by atoms with van der Waals surface area (Å²) in [4.78, 5) is 12.2. The highest BCUT2D eigenvalue weighted by Crippen LogP contribution is 2.17. The van der Waals surface area contributed by atoms with Gasteiger partial charge in [0, 0.05) is 11.6 Å². The number of amides is 1. The monoisotopic (exact) mass is 330 g/mol. The number of carbonyl (C=O) groups is 1. The Hall–Kier alpha value is -2.74. The Balaban J connectivity index is 1.67. The van der Waals surface area contributed by atoms with E-state index < -0.39 is 0 Å². The van der Waals surface area contributed by atoms with Crippen molar-refractivity contribution in [2.24, 2.45) is 0 Å². The molecule has 3 aromatic rings. The summed E-state index contributed by atoms with van der Waals surface area (Å²) >= 11 is 1.15. The molecule has 1 amide bonds. The minimum atomic E-state index is -0.282. The van der Waals surface area contributed by atoms with Crippen molar-refractivity contribution in [3.8, 4) is 5.75 Å². The van der Waals surface area contributed by atoms with Crippen molar-refractivity contribution < 1.29 is 14.1 Å². The van der Waals surface area contributed by atoms with Crippen LogP contribution in [0.25, 0.3) is 0 Å². The molecule has 1 aromatic carbocycles. The molecule has 0 aliphatic rings. The van der Waals surface area contributed by atoms with E-state index in [-0.39, 0.29) is 5.91 Å². The second-order valence-corrected chi connectivity index (χ2v) is 5.42. The van der Waals surface area contributed by atoms with Gasteiger partial charge in [-0.1, -0.05) is 11.2 Å². The normalized spacial score (nSPS) is 10.5. The molecule has 0 radical (unpaired) electrons. The maximum absolute atomic E-state index is 12.2. The van der Waals surface area contributed by atoms with Gasteiger partial charge in [0.15, 0.2) is 5.82 Å². The maximum atomic E-state index is 12.2. The van der Waals surface area contributed by atoms with Crippen molar-refractivity contribution in [3.05, 3.63) is 53.0 Å². The summed E-state index contributed by atoms with van der Waals surface area (Å²) in [6.45, 7) is 3.95. The van der Waals surface area contributed by atoms with Gasteiger partial charge in [-0.15, -0.1) is 0 Å².